The summed E-state index contributed by atoms with van der Waals surface area (Å²) in [5, 5.41) is 9.62. The number of carbonyl (C=O) groups excluding carboxylic acids is 1. The molecule has 0 aliphatic heterocycles. The molecule has 3 nitrogen and oxygen atoms in total. The number of Topliss-reactive ketones (excluding diaryl/α,β-unsaturated/α-hetero) is 1. The van der Waals surface area contributed by atoms with Crippen LogP contribution < -0.4 is 4.74 Å². The summed E-state index contributed by atoms with van der Waals surface area (Å²) in [6, 6.07) is 5.24. The summed E-state index contributed by atoms with van der Waals surface area (Å²) in [6.07, 6.45) is 1.84. The highest BCUT2D eigenvalue weighted by atomic mass is 16.5. The van der Waals surface area contributed by atoms with Crippen molar-refractivity contribution >= 4 is 5.78 Å². The summed E-state index contributed by atoms with van der Waals surface area (Å²) in [5.74, 6) is 0.884. The van der Waals surface area contributed by atoms with Crippen LogP contribution >= 0.6 is 0 Å². The first-order valence-electron chi connectivity index (χ1n) is 6.03. The first kappa shape index (κ1) is 13.6. The third-order valence-electron chi connectivity index (χ3n) is 2.47. The van der Waals surface area contributed by atoms with Crippen LogP contribution in [0.5, 0.6) is 11.5 Å². The summed E-state index contributed by atoms with van der Waals surface area (Å²) in [4.78, 5) is 11.2. The van der Waals surface area contributed by atoms with E-state index < -0.39 is 0 Å². The predicted molar refractivity (Wildman–Crippen MR) is 67.5 cm³/mol. The molecule has 0 unspecified atom stereocenters. The molecule has 0 aromatic heterocycles. The average molecular weight is 236 g/mol. The Bertz CT molecular complexity index is 383. The first-order chi connectivity index (χ1) is 8.02. The van der Waals surface area contributed by atoms with Gasteiger partial charge in [0.2, 0.25) is 0 Å². The molecule has 0 fully saturated rings. The summed E-state index contributed by atoms with van der Waals surface area (Å²) in [6.45, 7) is 5.69. The number of rotatable bonds is 6. The molecule has 0 saturated heterocycles. The maximum absolute atomic E-state index is 11.2. The number of phenolic OH excluding ortho intramolecular Hbond substituents is 1. The van der Waals surface area contributed by atoms with Crippen LogP contribution in [-0.2, 0) is 11.2 Å². The van der Waals surface area contributed by atoms with Crippen molar-refractivity contribution in [2.45, 2.75) is 46.1 Å². The maximum atomic E-state index is 11.2. The van der Waals surface area contributed by atoms with Gasteiger partial charge in [-0.1, -0.05) is 13.0 Å². The van der Waals surface area contributed by atoms with Gasteiger partial charge < -0.3 is 9.84 Å². The number of carbonyl (C=O) groups is 1. The van der Waals surface area contributed by atoms with E-state index in [4.69, 9.17) is 4.74 Å². The molecule has 0 heterocycles. The minimum absolute atomic E-state index is 0.0217. The maximum Gasteiger partial charge on any atom is 0.161 e. The Morgan fingerprint density at radius 2 is 2.12 bits per heavy atom. The molecule has 1 aromatic rings. The Morgan fingerprint density at radius 3 is 2.71 bits per heavy atom. The molecule has 0 radical (unpaired) electrons. The quantitative estimate of drug-likeness (QED) is 0.825. The lowest BCUT2D eigenvalue weighted by Crippen LogP contribution is -2.06. The second kappa shape index (κ2) is 6.28. The van der Waals surface area contributed by atoms with E-state index in [1.807, 2.05) is 26.8 Å². The van der Waals surface area contributed by atoms with Crippen LogP contribution in [0.2, 0.25) is 0 Å². The standard InChI is InChI=1S/C14H20O3/c1-4-12(15)7-5-11-6-8-13(16)14(9-11)17-10(2)3/h6,8-10,16H,4-5,7H2,1-3H3. The van der Waals surface area contributed by atoms with Crippen LogP contribution in [-0.4, -0.2) is 17.0 Å². The monoisotopic (exact) mass is 236 g/mol. The van der Waals surface area contributed by atoms with Crippen molar-refractivity contribution in [1.82, 2.24) is 0 Å². The van der Waals surface area contributed by atoms with Crippen LogP contribution in [0.25, 0.3) is 0 Å². The smallest absolute Gasteiger partial charge is 0.161 e. The van der Waals surface area contributed by atoms with Gasteiger partial charge in [0.25, 0.3) is 0 Å². The molecule has 3 heteroatoms. The number of hydrogen-bond acceptors (Lipinski definition) is 3. The molecule has 0 aliphatic carbocycles. The largest absolute Gasteiger partial charge is 0.504 e. The van der Waals surface area contributed by atoms with Crippen molar-refractivity contribution in [2.24, 2.45) is 0 Å². The Kier molecular flexibility index (Phi) is 5.01. The molecule has 1 N–H and O–H groups in total. The van der Waals surface area contributed by atoms with Crippen LogP contribution in [0.1, 0.15) is 39.2 Å². The molecular formula is C14H20O3. The summed E-state index contributed by atoms with van der Waals surface area (Å²) in [5.41, 5.74) is 1.01. The van der Waals surface area contributed by atoms with Gasteiger partial charge in [-0.2, -0.15) is 0 Å². The van der Waals surface area contributed by atoms with Crippen LogP contribution in [0.4, 0.5) is 0 Å². The number of ketones is 1. The van der Waals surface area contributed by atoms with E-state index in [0.717, 1.165) is 5.56 Å². The lowest BCUT2D eigenvalue weighted by atomic mass is 10.1. The van der Waals surface area contributed by atoms with E-state index in [0.29, 0.717) is 25.0 Å². The number of ether oxygens (including phenoxy) is 1. The van der Waals surface area contributed by atoms with Gasteiger partial charge in [0.15, 0.2) is 11.5 Å². The fraction of sp³-hybridized carbons (Fsp3) is 0.500. The van der Waals surface area contributed by atoms with Crippen molar-refractivity contribution in [1.29, 1.82) is 0 Å². The highest BCUT2D eigenvalue weighted by molar-refractivity contribution is 5.78. The van der Waals surface area contributed by atoms with Gasteiger partial charge in [0, 0.05) is 12.8 Å². The lowest BCUT2D eigenvalue weighted by molar-refractivity contribution is -0.118. The third-order valence-corrected chi connectivity index (χ3v) is 2.47. The number of aromatic hydroxyl groups is 1. The highest BCUT2D eigenvalue weighted by Crippen LogP contribution is 2.28. The molecule has 94 valence electrons. The van der Waals surface area contributed by atoms with Crippen LogP contribution in [0.3, 0.4) is 0 Å². The van der Waals surface area contributed by atoms with Gasteiger partial charge in [-0.05, 0) is 38.0 Å². The molecule has 0 saturated carbocycles. The fourth-order valence-electron chi connectivity index (χ4n) is 1.52. The van der Waals surface area contributed by atoms with Gasteiger partial charge in [-0.25, -0.2) is 0 Å². The predicted octanol–water partition coefficient (Wildman–Crippen LogP) is 3.09. The molecule has 0 spiro atoms. The Morgan fingerprint density at radius 1 is 1.41 bits per heavy atom. The van der Waals surface area contributed by atoms with Gasteiger partial charge in [-0.15, -0.1) is 0 Å². The van der Waals surface area contributed by atoms with Crippen molar-refractivity contribution in [3.63, 3.8) is 0 Å². The second-order valence-electron chi connectivity index (χ2n) is 4.36. The third kappa shape index (κ3) is 4.47. The summed E-state index contributed by atoms with van der Waals surface area (Å²) >= 11 is 0. The minimum Gasteiger partial charge on any atom is -0.504 e. The number of aryl methyl sites for hydroxylation is 1. The molecular weight excluding hydrogens is 216 g/mol. The zero-order chi connectivity index (χ0) is 12.8. The van der Waals surface area contributed by atoms with Gasteiger partial charge >= 0.3 is 0 Å². The van der Waals surface area contributed by atoms with Crippen LogP contribution in [0.15, 0.2) is 18.2 Å². The van der Waals surface area contributed by atoms with Gasteiger partial charge in [0.05, 0.1) is 6.10 Å². The molecule has 0 bridgehead atoms. The summed E-state index contributed by atoms with van der Waals surface area (Å²) < 4.78 is 5.48. The molecule has 1 aromatic carbocycles. The average Bonchev–Trinajstić information content (AvgIpc) is 2.29. The highest BCUT2D eigenvalue weighted by Gasteiger charge is 2.07. The van der Waals surface area contributed by atoms with Crippen molar-refractivity contribution in [3.8, 4) is 11.5 Å². The SMILES string of the molecule is CCC(=O)CCc1ccc(O)c(OC(C)C)c1. The van der Waals surface area contributed by atoms with Crippen molar-refractivity contribution in [3.05, 3.63) is 23.8 Å². The first-order valence-corrected chi connectivity index (χ1v) is 6.03. The molecule has 0 aliphatic rings. The minimum atomic E-state index is 0.0217. The van der Waals surface area contributed by atoms with Gasteiger partial charge in [0.1, 0.15) is 5.78 Å². The zero-order valence-electron chi connectivity index (χ0n) is 10.7. The van der Waals surface area contributed by atoms with E-state index >= 15 is 0 Å². The normalized spacial score (nSPS) is 10.6. The molecule has 0 amide bonds. The molecule has 17 heavy (non-hydrogen) atoms. The number of phenols is 1. The van der Waals surface area contributed by atoms with Crippen molar-refractivity contribution < 1.29 is 14.6 Å². The second-order valence-corrected chi connectivity index (χ2v) is 4.36. The Labute approximate surface area is 102 Å². The van der Waals surface area contributed by atoms with Crippen molar-refractivity contribution in [2.75, 3.05) is 0 Å². The molecule has 0 atom stereocenters. The topological polar surface area (TPSA) is 46.5 Å². The molecule has 1 rings (SSSR count). The van der Waals surface area contributed by atoms with Gasteiger partial charge in [-0.3, -0.25) is 4.79 Å². The van der Waals surface area contributed by atoms with E-state index in [9.17, 15) is 9.90 Å². The zero-order valence-corrected chi connectivity index (χ0v) is 10.7. The number of hydrogen-bond donors (Lipinski definition) is 1. The number of benzene rings is 1. The van der Waals surface area contributed by atoms with E-state index in [2.05, 4.69) is 0 Å². The fourth-order valence-corrected chi connectivity index (χ4v) is 1.52. The summed E-state index contributed by atoms with van der Waals surface area (Å²) in [7, 11) is 0. The van der Waals surface area contributed by atoms with E-state index in [1.165, 1.54) is 0 Å². The van der Waals surface area contributed by atoms with E-state index in [1.54, 1.807) is 12.1 Å². The van der Waals surface area contributed by atoms with E-state index in [-0.39, 0.29) is 17.6 Å². The Hall–Kier alpha value is -1.51. The van der Waals surface area contributed by atoms with Crippen LogP contribution in [0, 0.1) is 0 Å². The lowest BCUT2D eigenvalue weighted by Gasteiger charge is -2.12. The Balaban J connectivity index is 2.71.